The number of esters is 1. The van der Waals surface area contributed by atoms with Crippen LogP contribution >= 0.6 is 23.2 Å². The van der Waals surface area contributed by atoms with Crippen LogP contribution in [-0.4, -0.2) is 23.3 Å². The zero-order valence-corrected chi connectivity index (χ0v) is 13.0. The Morgan fingerprint density at radius 2 is 1.74 bits per heavy atom. The summed E-state index contributed by atoms with van der Waals surface area (Å²) in [5.74, 6) is -1.25. The fraction of sp³-hybridized carbons (Fsp3) is 0.0667. The van der Waals surface area contributed by atoms with Crippen LogP contribution in [0.2, 0.25) is 10.0 Å². The fourth-order valence-corrected chi connectivity index (χ4v) is 2.09. The number of carbonyl (C=O) groups is 2. The van der Waals surface area contributed by atoms with Gasteiger partial charge in [-0.3, -0.25) is 14.9 Å². The Morgan fingerprint density at radius 3 is 2.30 bits per heavy atom. The first kappa shape index (κ1) is 16.9. The van der Waals surface area contributed by atoms with Crippen LogP contribution < -0.4 is 0 Å². The first-order valence-electron chi connectivity index (χ1n) is 6.28. The lowest BCUT2D eigenvalue weighted by molar-refractivity contribution is -0.384. The summed E-state index contributed by atoms with van der Waals surface area (Å²) in [5.41, 5.74) is 0.0435. The van der Waals surface area contributed by atoms with Crippen molar-refractivity contribution in [3.8, 4) is 0 Å². The van der Waals surface area contributed by atoms with E-state index in [4.69, 9.17) is 27.9 Å². The number of benzene rings is 2. The van der Waals surface area contributed by atoms with Gasteiger partial charge in [0.1, 0.15) is 0 Å². The summed E-state index contributed by atoms with van der Waals surface area (Å²) >= 11 is 11.5. The Labute approximate surface area is 140 Å². The van der Waals surface area contributed by atoms with E-state index in [1.54, 1.807) is 12.1 Å². The lowest BCUT2D eigenvalue weighted by atomic mass is 10.1. The Kier molecular flexibility index (Phi) is 5.31. The summed E-state index contributed by atoms with van der Waals surface area (Å²) in [6.45, 7) is -0.478. The summed E-state index contributed by atoms with van der Waals surface area (Å²) < 4.78 is 4.88. The number of Topliss-reactive ketones (excluding diaryl/α,β-unsaturated/α-hetero) is 1. The highest BCUT2D eigenvalue weighted by atomic mass is 35.5. The highest BCUT2D eigenvalue weighted by Gasteiger charge is 2.17. The van der Waals surface area contributed by atoms with E-state index in [-0.39, 0.29) is 16.3 Å². The van der Waals surface area contributed by atoms with E-state index in [1.165, 1.54) is 18.2 Å². The number of ketones is 1. The minimum atomic E-state index is -0.841. The van der Waals surface area contributed by atoms with Crippen molar-refractivity contribution >= 4 is 40.6 Å². The molecule has 0 saturated carbocycles. The summed E-state index contributed by atoms with van der Waals surface area (Å²) in [6, 6.07) is 9.46. The Balaban J connectivity index is 2.03. The standard InChI is InChI=1S/C15H9Cl2NO5/c16-10-3-1-9(2-4-10)14(19)8-23-15(20)12-6-5-11(18(21)22)7-13(12)17/h1-7H,8H2. The first-order valence-corrected chi connectivity index (χ1v) is 7.04. The number of halogens is 2. The number of non-ortho nitro benzene ring substituents is 1. The van der Waals surface area contributed by atoms with Crippen molar-refractivity contribution in [3.63, 3.8) is 0 Å². The zero-order valence-electron chi connectivity index (χ0n) is 11.5. The third-order valence-electron chi connectivity index (χ3n) is 2.88. The second-order valence-electron chi connectivity index (χ2n) is 4.43. The Bertz CT molecular complexity index is 774. The largest absolute Gasteiger partial charge is 0.454 e. The van der Waals surface area contributed by atoms with Crippen molar-refractivity contribution in [2.24, 2.45) is 0 Å². The monoisotopic (exact) mass is 353 g/mol. The minimum absolute atomic E-state index is 0.0545. The van der Waals surface area contributed by atoms with E-state index in [9.17, 15) is 19.7 Å². The molecule has 0 aromatic heterocycles. The van der Waals surface area contributed by atoms with E-state index in [0.29, 0.717) is 10.6 Å². The van der Waals surface area contributed by atoms with Gasteiger partial charge in [0.25, 0.3) is 5.69 Å². The smallest absolute Gasteiger partial charge is 0.340 e. The van der Waals surface area contributed by atoms with Crippen LogP contribution in [0.5, 0.6) is 0 Å². The normalized spacial score (nSPS) is 10.2. The zero-order chi connectivity index (χ0) is 17.0. The molecule has 8 heteroatoms. The van der Waals surface area contributed by atoms with Gasteiger partial charge in [-0.1, -0.05) is 23.2 Å². The van der Waals surface area contributed by atoms with Crippen LogP contribution in [0.1, 0.15) is 20.7 Å². The molecule has 0 N–H and O–H groups in total. The molecule has 0 bridgehead atoms. The van der Waals surface area contributed by atoms with E-state index in [2.05, 4.69) is 0 Å². The summed E-state index contributed by atoms with van der Waals surface area (Å²) in [4.78, 5) is 33.7. The van der Waals surface area contributed by atoms with Crippen molar-refractivity contribution in [2.45, 2.75) is 0 Å². The molecular formula is C15H9Cl2NO5. The van der Waals surface area contributed by atoms with Crippen molar-refractivity contribution in [2.75, 3.05) is 6.61 Å². The highest BCUT2D eigenvalue weighted by molar-refractivity contribution is 6.33. The maximum Gasteiger partial charge on any atom is 0.340 e. The third kappa shape index (κ3) is 4.28. The number of hydrogen-bond acceptors (Lipinski definition) is 5. The maximum atomic E-state index is 11.9. The van der Waals surface area contributed by atoms with Gasteiger partial charge in [-0.05, 0) is 30.3 Å². The molecule has 0 spiro atoms. The van der Waals surface area contributed by atoms with Crippen molar-refractivity contribution in [3.05, 3.63) is 73.8 Å². The number of nitrogens with zero attached hydrogens (tertiary/aromatic N) is 1. The predicted molar refractivity (Wildman–Crippen MR) is 84.2 cm³/mol. The number of hydrogen-bond donors (Lipinski definition) is 0. The van der Waals surface area contributed by atoms with E-state index in [1.807, 2.05) is 0 Å². The molecule has 0 heterocycles. The van der Waals surface area contributed by atoms with Gasteiger partial charge in [0.15, 0.2) is 12.4 Å². The molecule has 0 aliphatic heterocycles. The van der Waals surface area contributed by atoms with E-state index >= 15 is 0 Å². The second-order valence-corrected chi connectivity index (χ2v) is 5.27. The third-order valence-corrected chi connectivity index (χ3v) is 3.45. The second kappa shape index (κ2) is 7.21. The predicted octanol–water partition coefficient (Wildman–Crippen LogP) is 3.94. The molecule has 0 fully saturated rings. The number of ether oxygens (including phenoxy) is 1. The molecule has 0 unspecified atom stereocenters. The summed E-state index contributed by atoms with van der Waals surface area (Å²) in [7, 11) is 0. The molecule has 0 atom stereocenters. The average molecular weight is 354 g/mol. The lowest BCUT2D eigenvalue weighted by Crippen LogP contribution is -2.14. The molecule has 0 amide bonds. The van der Waals surface area contributed by atoms with Gasteiger partial charge in [-0.25, -0.2) is 4.79 Å². The number of nitro benzene ring substituents is 1. The minimum Gasteiger partial charge on any atom is -0.454 e. The van der Waals surface area contributed by atoms with Gasteiger partial charge in [-0.15, -0.1) is 0 Å². The molecule has 2 aromatic carbocycles. The van der Waals surface area contributed by atoms with Gasteiger partial charge < -0.3 is 4.74 Å². The molecule has 0 saturated heterocycles. The van der Waals surface area contributed by atoms with Gasteiger partial charge in [0.2, 0.25) is 0 Å². The molecule has 2 aromatic rings. The van der Waals surface area contributed by atoms with Crippen LogP contribution in [0.15, 0.2) is 42.5 Å². The maximum absolute atomic E-state index is 11.9. The van der Waals surface area contributed by atoms with Crippen molar-refractivity contribution in [1.82, 2.24) is 0 Å². The summed E-state index contributed by atoms with van der Waals surface area (Å²) in [5, 5.41) is 11.0. The van der Waals surface area contributed by atoms with Crippen LogP contribution in [0.25, 0.3) is 0 Å². The molecular weight excluding hydrogens is 345 g/mol. The lowest BCUT2D eigenvalue weighted by Gasteiger charge is -2.06. The first-order chi connectivity index (χ1) is 10.9. The van der Waals surface area contributed by atoms with Crippen molar-refractivity contribution in [1.29, 1.82) is 0 Å². The van der Waals surface area contributed by atoms with E-state index < -0.39 is 23.3 Å². The van der Waals surface area contributed by atoms with Gasteiger partial charge in [-0.2, -0.15) is 0 Å². The molecule has 23 heavy (non-hydrogen) atoms. The molecule has 6 nitrogen and oxygen atoms in total. The molecule has 0 aliphatic rings. The van der Waals surface area contributed by atoms with Crippen LogP contribution in [0.4, 0.5) is 5.69 Å². The SMILES string of the molecule is O=C(COC(=O)c1ccc([N+](=O)[O-])cc1Cl)c1ccc(Cl)cc1. The summed E-state index contributed by atoms with van der Waals surface area (Å²) in [6.07, 6.45) is 0. The Morgan fingerprint density at radius 1 is 1.09 bits per heavy atom. The van der Waals surface area contributed by atoms with Crippen LogP contribution in [0.3, 0.4) is 0 Å². The molecule has 118 valence electrons. The number of nitro groups is 1. The van der Waals surface area contributed by atoms with Crippen LogP contribution in [-0.2, 0) is 4.74 Å². The van der Waals surface area contributed by atoms with Gasteiger partial charge in [0, 0.05) is 22.7 Å². The number of rotatable bonds is 5. The van der Waals surface area contributed by atoms with Gasteiger partial charge in [0.05, 0.1) is 15.5 Å². The highest BCUT2D eigenvalue weighted by Crippen LogP contribution is 2.23. The van der Waals surface area contributed by atoms with Crippen molar-refractivity contribution < 1.29 is 19.2 Å². The number of carbonyl (C=O) groups excluding carboxylic acids is 2. The molecule has 2 rings (SSSR count). The quantitative estimate of drug-likeness (QED) is 0.351. The van der Waals surface area contributed by atoms with Gasteiger partial charge >= 0.3 is 5.97 Å². The Hall–Kier alpha value is -2.44. The van der Waals surface area contributed by atoms with Crippen LogP contribution in [0, 0.1) is 10.1 Å². The fourth-order valence-electron chi connectivity index (χ4n) is 1.71. The molecule has 0 aliphatic carbocycles. The molecule has 0 radical (unpaired) electrons. The van der Waals surface area contributed by atoms with E-state index in [0.717, 1.165) is 12.1 Å². The average Bonchev–Trinajstić information content (AvgIpc) is 2.52. The topological polar surface area (TPSA) is 86.5 Å².